The lowest BCUT2D eigenvalue weighted by molar-refractivity contribution is 0.0222. The van der Waals surface area contributed by atoms with Gasteiger partial charge in [0.25, 0.3) is 0 Å². The Labute approximate surface area is 105 Å². The zero-order chi connectivity index (χ0) is 11.7. The van der Waals surface area contributed by atoms with Gasteiger partial charge in [0.15, 0.2) is 0 Å². The smallest absolute Gasteiger partial charge is 0.0597 e. The van der Waals surface area contributed by atoms with Crippen LogP contribution >= 0.6 is 0 Å². The molecule has 2 aliphatic heterocycles. The predicted octanol–water partition coefficient (Wildman–Crippen LogP) is 1.90. The maximum Gasteiger partial charge on any atom is 0.0597 e. The fourth-order valence-corrected chi connectivity index (χ4v) is 4.06. The van der Waals surface area contributed by atoms with Gasteiger partial charge in [0.1, 0.15) is 0 Å². The molecule has 1 aliphatic carbocycles. The van der Waals surface area contributed by atoms with Gasteiger partial charge in [-0.15, -0.1) is 0 Å². The van der Waals surface area contributed by atoms with Gasteiger partial charge in [-0.1, -0.05) is 12.8 Å². The highest BCUT2D eigenvalue weighted by molar-refractivity contribution is 4.96. The number of nitrogens with two attached hydrogens (primary N) is 1. The highest BCUT2D eigenvalue weighted by Gasteiger charge is 2.39. The summed E-state index contributed by atoms with van der Waals surface area (Å²) in [5, 5.41) is 0. The topological polar surface area (TPSA) is 38.5 Å². The third kappa shape index (κ3) is 2.67. The molecule has 0 aromatic heterocycles. The van der Waals surface area contributed by atoms with E-state index in [0.717, 1.165) is 25.2 Å². The number of rotatable bonds is 4. The summed E-state index contributed by atoms with van der Waals surface area (Å²) in [6.45, 7) is 2.07. The summed E-state index contributed by atoms with van der Waals surface area (Å²) < 4.78 is 5.98. The summed E-state index contributed by atoms with van der Waals surface area (Å²) in [7, 11) is 0. The third-order valence-electron chi connectivity index (χ3n) is 4.93. The number of hydrogen-bond donors (Lipinski definition) is 1. The summed E-state index contributed by atoms with van der Waals surface area (Å²) >= 11 is 0. The van der Waals surface area contributed by atoms with Gasteiger partial charge in [-0.3, -0.25) is 4.90 Å². The van der Waals surface area contributed by atoms with Crippen molar-refractivity contribution >= 4 is 0 Å². The van der Waals surface area contributed by atoms with E-state index in [1.165, 1.54) is 51.4 Å². The predicted molar refractivity (Wildman–Crippen MR) is 68.9 cm³/mol. The van der Waals surface area contributed by atoms with Crippen molar-refractivity contribution in [1.29, 1.82) is 0 Å². The molecule has 3 aliphatic rings. The van der Waals surface area contributed by atoms with E-state index in [2.05, 4.69) is 4.90 Å². The highest BCUT2D eigenvalue weighted by Crippen LogP contribution is 2.34. The Hall–Kier alpha value is -0.120. The lowest BCUT2D eigenvalue weighted by Crippen LogP contribution is -2.48. The van der Waals surface area contributed by atoms with Gasteiger partial charge in [-0.2, -0.15) is 0 Å². The summed E-state index contributed by atoms with van der Waals surface area (Å²) in [6.07, 6.45) is 11.0. The molecule has 1 saturated carbocycles. The van der Waals surface area contributed by atoms with Crippen LogP contribution in [0, 0.1) is 0 Å². The minimum atomic E-state index is 0.458. The minimum absolute atomic E-state index is 0.458. The van der Waals surface area contributed by atoms with Crippen LogP contribution in [-0.4, -0.2) is 42.3 Å². The largest absolute Gasteiger partial charge is 0.377 e. The van der Waals surface area contributed by atoms with E-state index < -0.39 is 0 Å². The van der Waals surface area contributed by atoms with Crippen LogP contribution in [0.25, 0.3) is 0 Å². The number of piperidine rings is 1. The molecule has 0 radical (unpaired) electrons. The Kier molecular flexibility index (Phi) is 3.69. The molecule has 0 spiro atoms. The Morgan fingerprint density at radius 1 is 1.00 bits per heavy atom. The molecule has 2 saturated heterocycles. The van der Waals surface area contributed by atoms with E-state index >= 15 is 0 Å². The average molecular weight is 238 g/mol. The number of fused-ring (bicyclic) bond motifs is 2. The number of nitrogens with zero attached hydrogens (tertiary/aromatic N) is 1. The lowest BCUT2D eigenvalue weighted by atomic mass is 9.98. The van der Waals surface area contributed by atoms with Crippen LogP contribution in [0.5, 0.6) is 0 Å². The van der Waals surface area contributed by atoms with Gasteiger partial charge < -0.3 is 10.5 Å². The highest BCUT2D eigenvalue weighted by atomic mass is 16.5. The molecular weight excluding hydrogens is 212 g/mol. The van der Waals surface area contributed by atoms with Crippen LogP contribution in [0.15, 0.2) is 0 Å². The van der Waals surface area contributed by atoms with Crippen molar-refractivity contribution in [2.24, 2.45) is 5.73 Å². The van der Waals surface area contributed by atoms with Crippen molar-refractivity contribution in [2.75, 3.05) is 13.2 Å². The standard InChI is InChI=1S/C14H26N2O/c15-11-9-12-5-6-13(10-11)16(12)7-8-17-14-3-1-2-4-14/h11-14H,1-10,15H2. The maximum atomic E-state index is 6.09. The molecule has 2 unspecified atom stereocenters. The van der Waals surface area contributed by atoms with Gasteiger partial charge in [-0.25, -0.2) is 0 Å². The van der Waals surface area contributed by atoms with Gasteiger partial charge in [-0.05, 0) is 38.5 Å². The second-order valence-electron chi connectivity index (χ2n) is 6.13. The molecule has 2 bridgehead atoms. The van der Waals surface area contributed by atoms with Crippen molar-refractivity contribution in [3.8, 4) is 0 Å². The first-order valence-electron chi connectivity index (χ1n) is 7.46. The van der Waals surface area contributed by atoms with Gasteiger partial charge in [0, 0.05) is 24.7 Å². The summed E-state index contributed by atoms with van der Waals surface area (Å²) in [4.78, 5) is 2.68. The molecule has 3 nitrogen and oxygen atoms in total. The van der Waals surface area contributed by atoms with Crippen LogP contribution in [-0.2, 0) is 4.74 Å². The molecule has 2 N–H and O–H groups in total. The van der Waals surface area contributed by atoms with Gasteiger partial charge in [0.2, 0.25) is 0 Å². The molecule has 3 fully saturated rings. The Balaban J connectivity index is 1.43. The Bertz CT molecular complexity index is 239. The van der Waals surface area contributed by atoms with E-state index in [1.54, 1.807) is 0 Å². The number of ether oxygens (including phenoxy) is 1. The molecule has 0 aromatic rings. The molecule has 17 heavy (non-hydrogen) atoms. The van der Waals surface area contributed by atoms with E-state index in [4.69, 9.17) is 10.5 Å². The van der Waals surface area contributed by atoms with Crippen LogP contribution in [0.1, 0.15) is 51.4 Å². The molecule has 2 atom stereocenters. The van der Waals surface area contributed by atoms with E-state index in [9.17, 15) is 0 Å². The SMILES string of the molecule is NC1CC2CCC(C1)N2CCOC1CCCC1. The van der Waals surface area contributed by atoms with Crippen molar-refractivity contribution in [3.63, 3.8) is 0 Å². The molecule has 0 amide bonds. The monoisotopic (exact) mass is 238 g/mol. The fraction of sp³-hybridized carbons (Fsp3) is 1.00. The third-order valence-corrected chi connectivity index (χ3v) is 4.93. The van der Waals surface area contributed by atoms with E-state index in [-0.39, 0.29) is 0 Å². The molecule has 3 heteroatoms. The normalized spacial score (nSPS) is 39.0. The average Bonchev–Trinajstić information content (AvgIpc) is 2.88. The quantitative estimate of drug-likeness (QED) is 0.813. The van der Waals surface area contributed by atoms with Crippen LogP contribution in [0.2, 0.25) is 0 Å². The van der Waals surface area contributed by atoms with E-state index in [1.807, 2.05) is 0 Å². The molecule has 3 rings (SSSR count). The number of hydrogen-bond acceptors (Lipinski definition) is 3. The lowest BCUT2D eigenvalue weighted by Gasteiger charge is -2.37. The van der Waals surface area contributed by atoms with Gasteiger partial charge in [0.05, 0.1) is 12.7 Å². The van der Waals surface area contributed by atoms with Crippen molar-refractivity contribution in [2.45, 2.75) is 75.6 Å². The Morgan fingerprint density at radius 2 is 1.65 bits per heavy atom. The van der Waals surface area contributed by atoms with E-state index in [0.29, 0.717) is 12.1 Å². The minimum Gasteiger partial charge on any atom is -0.377 e. The zero-order valence-corrected chi connectivity index (χ0v) is 10.8. The van der Waals surface area contributed by atoms with Crippen LogP contribution in [0.4, 0.5) is 0 Å². The first-order valence-corrected chi connectivity index (χ1v) is 7.46. The first-order chi connectivity index (χ1) is 8.33. The van der Waals surface area contributed by atoms with Crippen molar-refractivity contribution < 1.29 is 4.74 Å². The summed E-state index contributed by atoms with van der Waals surface area (Å²) in [6, 6.07) is 1.98. The first kappa shape index (κ1) is 11.9. The van der Waals surface area contributed by atoms with Crippen molar-refractivity contribution in [1.82, 2.24) is 4.90 Å². The molecule has 98 valence electrons. The molecule has 2 heterocycles. The summed E-state index contributed by atoms with van der Waals surface area (Å²) in [5.41, 5.74) is 6.09. The zero-order valence-electron chi connectivity index (χ0n) is 10.8. The molecular formula is C14H26N2O. The second-order valence-corrected chi connectivity index (χ2v) is 6.13. The van der Waals surface area contributed by atoms with Crippen LogP contribution in [0.3, 0.4) is 0 Å². The maximum absolute atomic E-state index is 6.09. The van der Waals surface area contributed by atoms with Crippen LogP contribution < -0.4 is 5.73 Å². The fourth-order valence-electron chi connectivity index (χ4n) is 4.06. The molecule has 0 aromatic carbocycles. The van der Waals surface area contributed by atoms with Gasteiger partial charge >= 0.3 is 0 Å². The summed E-state index contributed by atoms with van der Waals surface area (Å²) in [5.74, 6) is 0. The Morgan fingerprint density at radius 3 is 2.29 bits per heavy atom. The van der Waals surface area contributed by atoms with Crippen molar-refractivity contribution in [3.05, 3.63) is 0 Å². The second kappa shape index (κ2) is 5.25.